The van der Waals surface area contributed by atoms with Gasteiger partial charge >= 0.3 is 0 Å². The number of rotatable bonds is 1. The van der Waals surface area contributed by atoms with E-state index in [2.05, 4.69) is 52.8 Å². The van der Waals surface area contributed by atoms with Crippen molar-refractivity contribution in [1.82, 2.24) is 0 Å². The molecule has 0 aromatic heterocycles. The summed E-state index contributed by atoms with van der Waals surface area (Å²) in [6.45, 7) is 11.0. The van der Waals surface area contributed by atoms with Gasteiger partial charge in [0.25, 0.3) is 0 Å². The third-order valence-corrected chi connectivity index (χ3v) is 2.32. The van der Waals surface area contributed by atoms with E-state index in [1.165, 1.54) is 18.4 Å². The molecule has 0 fully saturated rings. The second-order valence-electron chi connectivity index (χ2n) is 4.32. The van der Waals surface area contributed by atoms with Crippen molar-refractivity contribution in [3.05, 3.63) is 23.8 Å². The summed E-state index contributed by atoms with van der Waals surface area (Å²) in [6.07, 6.45) is 9.26. The zero-order chi connectivity index (χ0) is 10.3. The van der Waals surface area contributed by atoms with Gasteiger partial charge in [-0.15, -0.1) is 0 Å². The Balaban J connectivity index is 0.000000252. The Bertz CT molecular complexity index is 172. The van der Waals surface area contributed by atoms with Gasteiger partial charge in [-0.2, -0.15) is 0 Å². The predicted molar refractivity (Wildman–Crippen MR) is 61.8 cm³/mol. The van der Waals surface area contributed by atoms with E-state index in [4.69, 9.17) is 0 Å². The third-order valence-electron chi connectivity index (χ3n) is 2.32. The maximum absolute atomic E-state index is 2.28. The molecular formula is C13H24. The molecule has 1 atom stereocenters. The van der Waals surface area contributed by atoms with Crippen LogP contribution in [0.4, 0.5) is 0 Å². The van der Waals surface area contributed by atoms with Gasteiger partial charge in [-0.1, -0.05) is 57.9 Å². The van der Waals surface area contributed by atoms with Crippen LogP contribution in [0.5, 0.6) is 0 Å². The SMILES string of the molecule is CC1=CCC(C)C=C1.CCC(C)C. The summed E-state index contributed by atoms with van der Waals surface area (Å²) in [6, 6.07) is 0. The van der Waals surface area contributed by atoms with Crippen molar-refractivity contribution in [3.63, 3.8) is 0 Å². The molecule has 0 bridgehead atoms. The minimum atomic E-state index is 0.763. The molecule has 1 aliphatic rings. The highest BCUT2D eigenvalue weighted by atomic mass is 14.0. The van der Waals surface area contributed by atoms with Crippen molar-refractivity contribution in [2.24, 2.45) is 11.8 Å². The van der Waals surface area contributed by atoms with E-state index in [0.29, 0.717) is 0 Å². The molecule has 0 heterocycles. The fourth-order valence-corrected chi connectivity index (χ4v) is 0.834. The van der Waals surface area contributed by atoms with Gasteiger partial charge in [0.05, 0.1) is 0 Å². The van der Waals surface area contributed by atoms with Crippen LogP contribution in [0.25, 0.3) is 0 Å². The monoisotopic (exact) mass is 180 g/mol. The lowest BCUT2D eigenvalue weighted by molar-refractivity contribution is 0.626. The Kier molecular flexibility index (Phi) is 6.66. The van der Waals surface area contributed by atoms with Crippen LogP contribution in [0.15, 0.2) is 23.8 Å². The first-order chi connectivity index (χ1) is 6.06. The number of allylic oxidation sites excluding steroid dienone is 4. The zero-order valence-corrected chi connectivity index (χ0v) is 9.80. The molecule has 0 aliphatic heterocycles. The molecule has 0 heteroatoms. The fourth-order valence-electron chi connectivity index (χ4n) is 0.834. The van der Waals surface area contributed by atoms with Crippen molar-refractivity contribution in [2.75, 3.05) is 0 Å². The maximum atomic E-state index is 2.28. The van der Waals surface area contributed by atoms with E-state index in [9.17, 15) is 0 Å². The lowest BCUT2D eigenvalue weighted by Gasteiger charge is -2.06. The number of hydrogen-bond acceptors (Lipinski definition) is 0. The first-order valence-electron chi connectivity index (χ1n) is 5.41. The van der Waals surface area contributed by atoms with Gasteiger partial charge in [0.15, 0.2) is 0 Å². The molecule has 1 rings (SSSR count). The Hall–Kier alpha value is -0.520. The lowest BCUT2D eigenvalue weighted by atomic mass is 10.00. The van der Waals surface area contributed by atoms with Crippen molar-refractivity contribution < 1.29 is 0 Å². The van der Waals surface area contributed by atoms with Crippen molar-refractivity contribution in [3.8, 4) is 0 Å². The van der Waals surface area contributed by atoms with E-state index in [-0.39, 0.29) is 0 Å². The normalized spacial score (nSPS) is 20.8. The zero-order valence-electron chi connectivity index (χ0n) is 9.80. The van der Waals surface area contributed by atoms with E-state index >= 15 is 0 Å². The largest absolute Gasteiger partial charge is 0.0811 e. The standard InChI is InChI=1S/C8H12.C5H12/c1-7-3-5-8(2)6-4-7;1-4-5(2)3/h3-5,8H,6H2,1-2H3;5H,4H2,1-3H3. The number of hydrogen-bond donors (Lipinski definition) is 0. The average Bonchev–Trinajstić information content (AvgIpc) is 2.11. The van der Waals surface area contributed by atoms with Crippen LogP contribution in [0.1, 0.15) is 47.5 Å². The summed E-state index contributed by atoms with van der Waals surface area (Å²) in [7, 11) is 0. The molecule has 0 saturated heterocycles. The highest BCUT2D eigenvalue weighted by Crippen LogP contribution is 2.13. The van der Waals surface area contributed by atoms with Crippen LogP contribution < -0.4 is 0 Å². The van der Waals surface area contributed by atoms with Crippen molar-refractivity contribution in [1.29, 1.82) is 0 Å². The average molecular weight is 180 g/mol. The van der Waals surface area contributed by atoms with Crippen LogP contribution in [0.3, 0.4) is 0 Å². The molecule has 1 unspecified atom stereocenters. The molecule has 0 amide bonds. The molecular weight excluding hydrogens is 156 g/mol. The predicted octanol–water partition coefficient (Wildman–Crippen LogP) is 4.58. The van der Waals surface area contributed by atoms with Crippen LogP contribution >= 0.6 is 0 Å². The molecule has 76 valence electrons. The molecule has 1 aliphatic carbocycles. The molecule has 0 radical (unpaired) electrons. The van der Waals surface area contributed by atoms with Gasteiger partial charge in [-0.3, -0.25) is 0 Å². The first-order valence-corrected chi connectivity index (χ1v) is 5.41. The van der Waals surface area contributed by atoms with Crippen LogP contribution in [0, 0.1) is 11.8 Å². The summed E-state index contributed by atoms with van der Waals surface area (Å²) in [5, 5.41) is 0. The summed E-state index contributed by atoms with van der Waals surface area (Å²) >= 11 is 0. The second-order valence-corrected chi connectivity index (χ2v) is 4.32. The Morgan fingerprint density at radius 2 is 2.00 bits per heavy atom. The molecule has 0 N–H and O–H groups in total. The van der Waals surface area contributed by atoms with Gasteiger partial charge in [0.1, 0.15) is 0 Å². The highest BCUT2D eigenvalue weighted by molar-refractivity contribution is 5.20. The van der Waals surface area contributed by atoms with Gasteiger partial charge in [0.2, 0.25) is 0 Å². The van der Waals surface area contributed by atoms with E-state index in [1.54, 1.807) is 0 Å². The second kappa shape index (κ2) is 6.94. The summed E-state index contributed by atoms with van der Waals surface area (Å²) in [5.41, 5.74) is 1.41. The quantitative estimate of drug-likeness (QED) is 0.554. The van der Waals surface area contributed by atoms with Gasteiger partial charge < -0.3 is 0 Å². The topological polar surface area (TPSA) is 0 Å². The van der Waals surface area contributed by atoms with Gasteiger partial charge in [0, 0.05) is 0 Å². The van der Waals surface area contributed by atoms with Crippen molar-refractivity contribution >= 4 is 0 Å². The van der Waals surface area contributed by atoms with Crippen molar-refractivity contribution in [2.45, 2.75) is 47.5 Å². The molecule has 0 nitrogen and oxygen atoms in total. The summed E-state index contributed by atoms with van der Waals surface area (Å²) < 4.78 is 0. The summed E-state index contributed by atoms with van der Waals surface area (Å²) in [4.78, 5) is 0. The van der Waals surface area contributed by atoms with Crippen LogP contribution in [-0.4, -0.2) is 0 Å². The Labute approximate surface area is 83.7 Å². The summed E-state index contributed by atoms with van der Waals surface area (Å²) in [5.74, 6) is 1.65. The molecule has 0 aromatic rings. The first kappa shape index (κ1) is 12.5. The Morgan fingerprint density at radius 1 is 1.46 bits per heavy atom. The van der Waals surface area contributed by atoms with Gasteiger partial charge in [-0.05, 0) is 25.2 Å². The third kappa shape index (κ3) is 7.83. The van der Waals surface area contributed by atoms with E-state index in [0.717, 1.165) is 11.8 Å². The van der Waals surface area contributed by atoms with Crippen LogP contribution in [0.2, 0.25) is 0 Å². The van der Waals surface area contributed by atoms with Crippen LogP contribution in [-0.2, 0) is 0 Å². The maximum Gasteiger partial charge on any atom is -0.0224 e. The molecule has 13 heavy (non-hydrogen) atoms. The molecule has 0 saturated carbocycles. The molecule has 0 spiro atoms. The molecule has 0 aromatic carbocycles. The minimum absolute atomic E-state index is 0.763. The highest BCUT2D eigenvalue weighted by Gasteiger charge is 1.97. The van der Waals surface area contributed by atoms with Gasteiger partial charge in [-0.25, -0.2) is 0 Å². The smallest absolute Gasteiger partial charge is 0.0224 e. The Morgan fingerprint density at radius 3 is 2.23 bits per heavy atom. The lowest BCUT2D eigenvalue weighted by Crippen LogP contribution is -1.91. The minimum Gasteiger partial charge on any atom is -0.0811 e. The van der Waals surface area contributed by atoms with E-state index in [1.807, 2.05) is 0 Å². The van der Waals surface area contributed by atoms with E-state index < -0.39 is 0 Å². The fraction of sp³-hybridized carbons (Fsp3) is 0.692.